The number of hydrogen-bond donors (Lipinski definition) is 1. The van der Waals surface area contributed by atoms with Crippen molar-refractivity contribution in [3.8, 4) is 12.3 Å². The molecule has 84 valence electrons. The van der Waals surface area contributed by atoms with Crippen LogP contribution < -0.4 is 5.73 Å². The predicted molar refractivity (Wildman–Crippen MR) is 65.6 cm³/mol. The molecule has 0 fully saturated rings. The molecular formula is C13H16N2O. The van der Waals surface area contributed by atoms with Crippen molar-refractivity contribution >= 4 is 11.6 Å². The molecule has 0 heterocycles. The minimum Gasteiger partial charge on any atom is -0.399 e. The molecule has 3 heteroatoms. The fraction of sp³-hybridized carbons (Fsp3) is 0.308. The van der Waals surface area contributed by atoms with Gasteiger partial charge in [-0.2, -0.15) is 0 Å². The molecule has 1 aromatic rings. The number of terminal acetylenes is 1. The number of nitrogens with zero attached hydrogens (tertiary/aromatic N) is 1. The summed E-state index contributed by atoms with van der Waals surface area (Å²) in [5.41, 5.74) is 7.22. The lowest BCUT2D eigenvalue weighted by Crippen LogP contribution is -2.32. The summed E-state index contributed by atoms with van der Waals surface area (Å²) in [5.74, 6) is 2.53. The van der Waals surface area contributed by atoms with Gasteiger partial charge in [0, 0.05) is 12.2 Å². The lowest BCUT2D eigenvalue weighted by Gasteiger charge is -2.17. The van der Waals surface area contributed by atoms with Crippen LogP contribution in [0, 0.1) is 12.3 Å². The molecule has 0 unspecified atom stereocenters. The Kier molecular flexibility index (Phi) is 4.41. The lowest BCUT2D eigenvalue weighted by molar-refractivity contribution is -0.129. The highest BCUT2D eigenvalue weighted by Gasteiger charge is 2.10. The maximum absolute atomic E-state index is 11.8. The van der Waals surface area contributed by atoms with Gasteiger partial charge in [-0.15, -0.1) is 6.42 Å². The Morgan fingerprint density at radius 2 is 2.06 bits per heavy atom. The van der Waals surface area contributed by atoms with Crippen molar-refractivity contribution in [2.45, 2.75) is 13.3 Å². The third kappa shape index (κ3) is 3.32. The molecule has 0 aliphatic heterocycles. The van der Waals surface area contributed by atoms with Crippen molar-refractivity contribution in [1.29, 1.82) is 0 Å². The Morgan fingerprint density at radius 3 is 2.56 bits per heavy atom. The third-order valence-corrected chi connectivity index (χ3v) is 2.35. The van der Waals surface area contributed by atoms with Crippen molar-refractivity contribution in [1.82, 2.24) is 4.90 Å². The molecule has 0 aliphatic rings. The molecule has 0 spiro atoms. The smallest absolute Gasteiger partial charge is 0.227 e. The summed E-state index contributed by atoms with van der Waals surface area (Å²) in [6.45, 7) is 2.92. The molecule has 16 heavy (non-hydrogen) atoms. The van der Waals surface area contributed by atoms with E-state index >= 15 is 0 Å². The molecule has 0 atom stereocenters. The van der Waals surface area contributed by atoms with Crippen molar-refractivity contribution in [2.75, 3.05) is 18.8 Å². The van der Waals surface area contributed by atoms with E-state index in [0.29, 0.717) is 25.2 Å². The number of anilines is 1. The number of likely N-dealkylation sites (N-methyl/N-ethyl adjacent to an activating group) is 1. The van der Waals surface area contributed by atoms with Gasteiger partial charge in [-0.3, -0.25) is 4.79 Å². The van der Waals surface area contributed by atoms with Crippen molar-refractivity contribution < 1.29 is 4.79 Å². The van der Waals surface area contributed by atoms with Crippen LogP contribution in [0.25, 0.3) is 0 Å². The fourth-order valence-electron chi connectivity index (χ4n) is 1.41. The Hall–Kier alpha value is -1.95. The second kappa shape index (κ2) is 5.82. The number of nitrogens with two attached hydrogens (primary N) is 1. The van der Waals surface area contributed by atoms with Crippen molar-refractivity contribution in [3.05, 3.63) is 29.8 Å². The highest BCUT2D eigenvalue weighted by molar-refractivity contribution is 5.79. The van der Waals surface area contributed by atoms with Gasteiger partial charge in [0.05, 0.1) is 13.0 Å². The first-order valence-electron chi connectivity index (χ1n) is 5.23. The van der Waals surface area contributed by atoms with E-state index in [1.54, 1.807) is 17.0 Å². The number of benzene rings is 1. The molecule has 3 nitrogen and oxygen atoms in total. The van der Waals surface area contributed by atoms with Crippen LogP contribution in [0.5, 0.6) is 0 Å². The average molecular weight is 216 g/mol. The molecule has 1 aromatic carbocycles. The van der Waals surface area contributed by atoms with Crippen LogP contribution in [0.2, 0.25) is 0 Å². The van der Waals surface area contributed by atoms with Gasteiger partial charge in [-0.25, -0.2) is 0 Å². The standard InChI is InChI=1S/C13H16N2O/c1-3-9-15(4-2)13(16)10-11-5-7-12(14)8-6-11/h1,5-8H,4,9-10,14H2,2H3. The first-order valence-corrected chi connectivity index (χ1v) is 5.23. The molecule has 1 rings (SSSR count). The van der Waals surface area contributed by atoms with Crippen LogP contribution in [0.4, 0.5) is 5.69 Å². The monoisotopic (exact) mass is 216 g/mol. The second-order valence-electron chi connectivity index (χ2n) is 3.53. The van der Waals surface area contributed by atoms with E-state index in [1.165, 1.54) is 0 Å². The topological polar surface area (TPSA) is 46.3 Å². The highest BCUT2D eigenvalue weighted by Crippen LogP contribution is 2.07. The van der Waals surface area contributed by atoms with E-state index in [1.807, 2.05) is 19.1 Å². The molecule has 0 saturated carbocycles. The SMILES string of the molecule is C#CCN(CC)C(=O)Cc1ccc(N)cc1. The zero-order valence-electron chi connectivity index (χ0n) is 9.44. The quantitative estimate of drug-likeness (QED) is 0.609. The predicted octanol–water partition coefficient (Wildman–Crippen LogP) is 1.29. The number of hydrogen-bond acceptors (Lipinski definition) is 2. The van der Waals surface area contributed by atoms with Gasteiger partial charge in [0.1, 0.15) is 0 Å². The molecule has 0 aliphatic carbocycles. The van der Waals surface area contributed by atoms with Crippen LogP contribution in [0.15, 0.2) is 24.3 Å². The Balaban J connectivity index is 2.63. The van der Waals surface area contributed by atoms with E-state index in [2.05, 4.69) is 5.92 Å². The third-order valence-electron chi connectivity index (χ3n) is 2.35. The zero-order chi connectivity index (χ0) is 12.0. The number of amides is 1. The Labute approximate surface area is 96.2 Å². The van der Waals surface area contributed by atoms with Crippen LogP contribution in [-0.2, 0) is 11.2 Å². The largest absolute Gasteiger partial charge is 0.399 e. The molecule has 0 bridgehead atoms. The fourth-order valence-corrected chi connectivity index (χ4v) is 1.41. The van der Waals surface area contributed by atoms with E-state index in [-0.39, 0.29) is 5.91 Å². The van der Waals surface area contributed by atoms with Gasteiger partial charge >= 0.3 is 0 Å². The summed E-state index contributed by atoms with van der Waals surface area (Å²) in [4.78, 5) is 13.5. The van der Waals surface area contributed by atoms with E-state index in [0.717, 1.165) is 5.56 Å². The Morgan fingerprint density at radius 1 is 1.44 bits per heavy atom. The van der Waals surface area contributed by atoms with Crippen molar-refractivity contribution in [2.24, 2.45) is 0 Å². The normalized spacial score (nSPS) is 9.50. The van der Waals surface area contributed by atoms with Crippen LogP contribution in [0.3, 0.4) is 0 Å². The summed E-state index contributed by atoms with van der Waals surface area (Å²) >= 11 is 0. The lowest BCUT2D eigenvalue weighted by atomic mass is 10.1. The summed E-state index contributed by atoms with van der Waals surface area (Å²) in [7, 11) is 0. The van der Waals surface area contributed by atoms with Crippen LogP contribution in [0.1, 0.15) is 12.5 Å². The summed E-state index contributed by atoms with van der Waals surface area (Å²) in [6.07, 6.45) is 5.57. The minimum atomic E-state index is 0.0465. The van der Waals surface area contributed by atoms with Gasteiger partial charge in [0.15, 0.2) is 0 Å². The zero-order valence-corrected chi connectivity index (χ0v) is 9.44. The van der Waals surface area contributed by atoms with Gasteiger partial charge < -0.3 is 10.6 Å². The molecule has 1 amide bonds. The number of carbonyl (C=O) groups excluding carboxylic acids is 1. The number of rotatable bonds is 4. The highest BCUT2D eigenvalue weighted by atomic mass is 16.2. The first-order chi connectivity index (χ1) is 7.67. The van der Waals surface area contributed by atoms with E-state index in [4.69, 9.17) is 12.2 Å². The maximum Gasteiger partial charge on any atom is 0.227 e. The Bertz CT molecular complexity index is 389. The molecule has 0 aromatic heterocycles. The molecular weight excluding hydrogens is 200 g/mol. The molecule has 2 N–H and O–H groups in total. The second-order valence-corrected chi connectivity index (χ2v) is 3.53. The number of carbonyl (C=O) groups is 1. The summed E-state index contributed by atoms with van der Waals surface area (Å²) < 4.78 is 0. The summed E-state index contributed by atoms with van der Waals surface area (Å²) in [5, 5.41) is 0. The molecule has 0 radical (unpaired) electrons. The van der Waals surface area contributed by atoms with Gasteiger partial charge in [-0.1, -0.05) is 18.1 Å². The maximum atomic E-state index is 11.8. The van der Waals surface area contributed by atoms with Gasteiger partial charge in [0.25, 0.3) is 0 Å². The first kappa shape index (κ1) is 12.1. The van der Waals surface area contributed by atoms with E-state index in [9.17, 15) is 4.79 Å². The van der Waals surface area contributed by atoms with Gasteiger partial charge in [-0.05, 0) is 24.6 Å². The van der Waals surface area contributed by atoms with E-state index < -0.39 is 0 Å². The molecule has 0 saturated heterocycles. The summed E-state index contributed by atoms with van der Waals surface area (Å²) in [6, 6.07) is 7.30. The van der Waals surface area contributed by atoms with Crippen LogP contribution in [-0.4, -0.2) is 23.9 Å². The minimum absolute atomic E-state index is 0.0465. The van der Waals surface area contributed by atoms with Crippen molar-refractivity contribution in [3.63, 3.8) is 0 Å². The average Bonchev–Trinajstić information content (AvgIpc) is 2.29. The number of nitrogen functional groups attached to an aromatic ring is 1. The van der Waals surface area contributed by atoms with Crippen LogP contribution >= 0.6 is 0 Å². The van der Waals surface area contributed by atoms with Gasteiger partial charge in [0.2, 0.25) is 5.91 Å².